The SMILES string of the molecule is O=C(Nc1ccc(Cl)cc1I)c1cccc(Br)n1. The van der Waals surface area contributed by atoms with E-state index in [1.54, 1.807) is 36.4 Å². The van der Waals surface area contributed by atoms with Crippen LogP contribution in [0.1, 0.15) is 10.5 Å². The Balaban J connectivity index is 2.21. The highest BCUT2D eigenvalue weighted by Crippen LogP contribution is 2.22. The Hall–Kier alpha value is -0.660. The molecule has 2 aromatic rings. The van der Waals surface area contributed by atoms with Crippen LogP contribution in [0.4, 0.5) is 5.69 Å². The number of carbonyl (C=O) groups is 1. The van der Waals surface area contributed by atoms with Gasteiger partial charge in [-0.3, -0.25) is 4.79 Å². The highest BCUT2D eigenvalue weighted by molar-refractivity contribution is 14.1. The van der Waals surface area contributed by atoms with Crippen LogP contribution in [-0.2, 0) is 0 Å². The molecule has 0 spiro atoms. The van der Waals surface area contributed by atoms with Crippen LogP contribution in [0, 0.1) is 3.57 Å². The Morgan fingerprint density at radius 3 is 2.78 bits per heavy atom. The van der Waals surface area contributed by atoms with Crippen molar-refractivity contribution in [3.05, 3.63) is 55.3 Å². The first-order valence-corrected chi connectivity index (χ1v) is 7.20. The lowest BCUT2D eigenvalue weighted by Crippen LogP contribution is -2.14. The molecule has 3 nitrogen and oxygen atoms in total. The number of nitrogens with one attached hydrogen (secondary N) is 1. The first-order chi connectivity index (χ1) is 8.56. The normalized spacial score (nSPS) is 10.2. The highest BCUT2D eigenvalue weighted by atomic mass is 127. The minimum absolute atomic E-state index is 0.253. The summed E-state index contributed by atoms with van der Waals surface area (Å²) in [5.74, 6) is -0.253. The van der Waals surface area contributed by atoms with E-state index in [2.05, 4.69) is 48.8 Å². The number of rotatable bonds is 2. The molecule has 1 N–H and O–H groups in total. The van der Waals surface area contributed by atoms with Crippen molar-refractivity contribution in [2.24, 2.45) is 0 Å². The molecule has 0 saturated heterocycles. The van der Waals surface area contributed by atoms with Crippen LogP contribution in [0.3, 0.4) is 0 Å². The number of benzene rings is 1. The first kappa shape index (κ1) is 13.8. The summed E-state index contributed by atoms with van der Waals surface area (Å²) < 4.78 is 1.50. The smallest absolute Gasteiger partial charge is 0.274 e. The molecule has 0 unspecified atom stereocenters. The first-order valence-electron chi connectivity index (χ1n) is 4.95. The molecule has 0 bridgehead atoms. The van der Waals surface area contributed by atoms with Gasteiger partial charge in [-0.1, -0.05) is 17.7 Å². The van der Waals surface area contributed by atoms with Crippen molar-refractivity contribution in [3.63, 3.8) is 0 Å². The van der Waals surface area contributed by atoms with Crippen molar-refractivity contribution in [1.82, 2.24) is 4.98 Å². The Morgan fingerprint density at radius 2 is 2.11 bits per heavy atom. The zero-order valence-corrected chi connectivity index (χ0v) is 13.5. The average Bonchev–Trinajstić information content (AvgIpc) is 2.32. The summed E-state index contributed by atoms with van der Waals surface area (Å²) in [5.41, 5.74) is 1.07. The zero-order valence-electron chi connectivity index (χ0n) is 8.95. The average molecular weight is 437 g/mol. The quantitative estimate of drug-likeness (QED) is 0.561. The number of pyridine rings is 1. The third-order valence-corrected chi connectivity index (χ3v) is 3.70. The third-order valence-electron chi connectivity index (χ3n) is 2.13. The predicted octanol–water partition coefficient (Wildman–Crippen LogP) is 4.35. The Labute approximate surface area is 131 Å². The lowest BCUT2D eigenvalue weighted by Gasteiger charge is -2.07. The van der Waals surface area contributed by atoms with Gasteiger partial charge in [-0.2, -0.15) is 0 Å². The Kier molecular flexibility index (Phi) is 4.58. The van der Waals surface area contributed by atoms with E-state index in [0.29, 0.717) is 21.0 Å². The number of hydrogen-bond donors (Lipinski definition) is 1. The fourth-order valence-electron chi connectivity index (χ4n) is 1.31. The van der Waals surface area contributed by atoms with Crippen LogP contribution in [-0.4, -0.2) is 10.9 Å². The molecule has 1 aromatic carbocycles. The van der Waals surface area contributed by atoms with Gasteiger partial charge in [0.05, 0.1) is 5.69 Å². The monoisotopic (exact) mass is 436 g/mol. The summed E-state index contributed by atoms with van der Waals surface area (Å²) in [6.07, 6.45) is 0. The van der Waals surface area contributed by atoms with Crippen molar-refractivity contribution < 1.29 is 4.79 Å². The van der Waals surface area contributed by atoms with Crippen LogP contribution in [0.5, 0.6) is 0 Å². The molecular weight excluding hydrogens is 430 g/mol. The Bertz CT molecular complexity index is 606. The molecule has 0 aliphatic carbocycles. The van der Waals surface area contributed by atoms with E-state index in [1.807, 2.05) is 0 Å². The third kappa shape index (κ3) is 3.43. The standard InChI is InChI=1S/C12H7BrClIN2O/c13-11-3-1-2-10(16-11)12(18)17-9-5-4-7(14)6-8(9)15/h1-6H,(H,17,18). The molecule has 1 aromatic heterocycles. The number of aromatic nitrogens is 1. The molecule has 0 fully saturated rings. The number of halogens is 3. The molecule has 18 heavy (non-hydrogen) atoms. The summed E-state index contributed by atoms with van der Waals surface area (Å²) in [7, 11) is 0. The van der Waals surface area contributed by atoms with E-state index < -0.39 is 0 Å². The largest absolute Gasteiger partial charge is 0.320 e. The van der Waals surface area contributed by atoms with Crippen molar-refractivity contribution in [1.29, 1.82) is 0 Å². The summed E-state index contributed by atoms with van der Waals surface area (Å²) in [6, 6.07) is 10.5. The molecule has 0 saturated carbocycles. The van der Waals surface area contributed by atoms with E-state index in [1.165, 1.54) is 0 Å². The van der Waals surface area contributed by atoms with E-state index in [9.17, 15) is 4.79 Å². The number of anilines is 1. The summed E-state index contributed by atoms with van der Waals surface area (Å²) in [4.78, 5) is 16.1. The molecule has 0 aliphatic heterocycles. The molecular formula is C12H7BrClIN2O. The van der Waals surface area contributed by atoms with Gasteiger partial charge in [0.2, 0.25) is 0 Å². The van der Waals surface area contributed by atoms with Crippen LogP contribution in [0.15, 0.2) is 41.0 Å². The molecule has 2 rings (SSSR count). The lowest BCUT2D eigenvalue weighted by molar-refractivity contribution is 0.102. The van der Waals surface area contributed by atoms with E-state index in [-0.39, 0.29) is 5.91 Å². The summed E-state index contributed by atoms with van der Waals surface area (Å²) in [5, 5.41) is 3.43. The van der Waals surface area contributed by atoms with Crippen molar-refractivity contribution in [2.75, 3.05) is 5.32 Å². The van der Waals surface area contributed by atoms with Crippen LogP contribution in [0.2, 0.25) is 5.02 Å². The molecule has 1 amide bonds. The lowest BCUT2D eigenvalue weighted by atomic mass is 10.3. The van der Waals surface area contributed by atoms with Gasteiger partial charge in [0.25, 0.3) is 5.91 Å². The van der Waals surface area contributed by atoms with Gasteiger partial charge in [-0.05, 0) is 68.9 Å². The molecule has 0 radical (unpaired) electrons. The van der Waals surface area contributed by atoms with Crippen molar-refractivity contribution >= 4 is 61.7 Å². The minimum atomic E-state index is -0.253. The van der Waals surface area contributed by atoms with Gasteiger partial charge >= 0.3 is 0 Å². The van der Waals surface area contributed by atoms with Gasteiger partial charge in [0.1, 0.15) is 10.3 Å². The number of hydrogen-bond acceptors (Lipinski definition) is 2. The molecule has 92 valence electrons. The van der Waals surface area contributed by atoms with Crippen LogP contribution in [0.25, 0.3) is 0 Å². The van der Waals surface area contributed by atoms with Gasteiger partial charge in [-0.15, -0.1) is 0 Å². The van der Waals surface area contributed by atoms with E-state index >= 15 is 0 Å². The molecule has 0 aliphatic rings. The summed E-state index contributed by atoms with van der Waals surface area (Å²) >= 11 is 11.2. The van der Waals surface area contributed by atoms with Crippen molar-refractivity contribution in [2.45, 2.75) is 0 Å². The fourth-order valence-corrected chi connectivity index (χ4v) is 2.66. The topological polar surface area (TPSA) is 42.0 Å². The second-order valence-electron chi connectivity index (χ2n) is 3.42. The van der Waals surface area contributed by atoms with E-state index in [4.69, 9.17) is 11.6 Å². The number of nitrogens with zero attached hydrogens (tertiary/aromatic N) is 1. The molecule has 6 heteroatoms. The number of carbonyl (C=O) groups excluding carboxylic acids is 1. The predicted molar refractivity (Wildman–Crippen MR) is 84.1 cm³/mol. The second kappa shape index (κ2) is 5.99. The maximum Gasteiger partial charge on any atom is 0.274 e. The maximum atomic E-state index is 12.0. The molecule has 1 heterocycles. The second-order valence-corrected chi connectivity index (χ2v) is 5.83. The zero-order chi connectivity index (χ0) is 13.1. The van der Waals surface area contributed by atoms with Gasteiger partial charge in [0.15, 0.2) is 0 Å². The van der Waals surface area contributed by atoms with Crippen molar-refractivity contribution in [3.8, 4) is 0 Å². The maximum absolute atomic E-state index is 12.0. The van der Waals surface area contributed by atoms with Gasteiger partial charge in [-0.25, -0.2) is 4.98 Å². The Morgan fingerprint density at radius 1 is 1.33 bits per heavy atom. The summed E-state index contributed by atoms with van der Waals surface area (Å²) in [6.45, 7) is 0. The van der Waals surface area contributed by atoms with E-state index in [0.717, 1.165) is 3.57 Å². The van der Waals surface area contributed by atoms with Crippen LogP contribution < -0.4 is 5.32 Å². The minimum Gasteiger partial charge on any atom is -0.320 e. The van der Waals surface area contributed by atoms with Crippen LogP contribution >= 0.6 is 50.1 Å². The fraction of sp³-hybridized carbons (Fsp3) is 0. The highest BCUT2D eigenvalue weighted by Gasteiger charge is 2.10. The van der Waals surface area contributed by atoms with Gasteiger partial charge in [0, 0.05) is 8.59 Å². The number of amides is 1. The van der Waals surface area contributed by atoms with Gasteiger partial charge < -0.3 is 5.32 Å². The molecule has 0 atom stereocenters.